The van der Waals surface area contributed by atoms with Gasteiger partial charge >= 0.3 is 18.3 Å². The quantitative estimate of drug-likeness (QED) is 0.267. The first-order valence-corrected chi connectivity index (χ1v) is 5.95. The molecule has 0 amide bonds. The molecule has 0 radical (unpaired) electrons. The predicted molar refractivity (Wildman–Crippen MR) is 67.0 cm³/mol. The Morgan fingerprint density at radius 2 is 1.81 bits per heavy atom. The SMILES string of the molecule is CCOC(=O)C(=Cc1ccccc1)C(=O)C(F)(F)C(F)F. The van der Waals surface area contributed by atoms with Gasteiger partial charge < -0.3 is 4.74 Å². The largest absolute Gasteiger partial charge is 0.462 e. The molecule has 0 aliphatic heterocycles. The lowest BCUT2D eigenvalue weighted by Gasteiger charge is -2.15. The number of esters is 1. The highest BCUT2D eigenvalue weighted by Gasteiger charge is 2.51. The van der Waals surface area contributed by atoms with Gasteiger partial charge in [0.25, 0.3) is 0 Å². The van der Waals surface area contributed by atoms with Crippen LogP contribution in [0, 0.1) is 0 Å². The van der Waals surface area contributed by atoms with Gasteiger partial charge in [0.05, 0.1) is 6.61 Å². The molecule has 0 heterocycles. The van der Waals surface area contributed by atoms with Crippen molar-refractivity contribution >= 4 is 17.8 Å². The third-order valence-corrected chi connectivity index (χ3v) is 2.43. The van der Waals surface area contributed by atoms with Crippen molar-refractivity contribution < 1.29 is 31.9 Å². The van der Waals surface area contributed by atoms with Crippen molar-refractivity contribution in [2.45, 2.75) is 19.3 Å². The van der Waals surface area contributed by atoms with Gasteiger partial charge in [-0.2, -0.15) is 8.78 Å². The molecule has 0 aliphatic rings. The minimum absolute atomic E-state index is 0.182. The molecule has 21 heavy (non-hydrogen) atoms. The molecule has 0 N–H and O–H groups in total. The zero-order valence-electron chi connectivity index (χ0n) is 11.0. The highest BCUT2D eigenvalue weighted by atomic mass is 19.3. The summed E-state index contributed by atoms with van der Waals surface area (Å²) in [6.45, 7) is 1.21. The van der Waals surface area contributed by atoms with Gasteiger partial charge in [-0.25, -0.2) is 13.6 Å². The Hall–Kier alpha value is -2.18. The summed E-state index contributed by atoms with van der Waals surface area (Å²) in [6.07, 6.45) is -3.41. The first-order chi connectivity index (χ1) is 9.80. The Labute approximate surface area is 118 Å². The molecular formula is C14H12F4O3. The molecule has 0 aliphatic carbocycles. The van der Waals surface area contributed by atoms with E-state index in [0.29, 0.717) is 0 Å². The molecule has 0 unspecified atom stereocenters. The van der Waals surface area contributed by atoms with E-state index in [-0.39, 0.29) is 12.2 Å². The van der Waals surface area contributed by atoms with Crippen LogP contribution < -0.4 is 0 Å². The van der Waals surface area contributed by atoms with E-state index < -0.39 is 29.7 Å². The summed E-state index contributed by atoms with van der Waals surface area (Å²) in [4.78, 5) is 23.1. The Morgan fingerprint density at radius 3 is 2.29 bits per heavy atom. The first-order valence-electron chi connectivity index (χ1n) is 5.95. The van der Waals surface area contributed by atoms with Gasteiger partial charge in [0, 0.05) is 0 Å². The standard InChI is InChI=1S/C14H12F4O3/c1-2-21-12(20)10(8-9-6-4-3-5-7-9)11(19)14(17,18)13(15)16/h3-8,13H,2H2,1H3. The minimum atomic E-state index is -4.95. The van der Waals surface area contributed by atoms with Crippen molar-refractivity contribution in [2.24, 2.45) is 0 Å². The number of alkyl halides is 4. The molecule has 0 fully saturated rings. The van der Waals surface area contributed by atoms with Crippen molar-refractivity contribution in [2.75, 3.05) is 6.61 Å². The fourth-order valence-electron chi connectivity index (χ4n) is 1.42. The molecule has 114 valence electrons. The number of carbonyl (C=O) groups excluding carboxylic acids is 2. The maximum absolute atomic E-state index is 13.1. The van der Waals surface area contributed by atoms with Crippen LogP contribution in [0.2, 0.25) is 0 Å². The highest BCUT2D eigenvalue weighted by molar-refractivity contribution is 6.23. The first kappa shape index (κ1) is 16.9. The van der Waals surface area contributed by atoms with Crippen LogP contribution in [0.4, 0.5) is 17.6 Å². The number of hydrogen-bond acceptors (Lipinski definition) is 3. The second-order valence-electron chi connectivity index (χ2n) is 3.94. The molecule has 1 aromatic carbocycles. The van der Waals surface area contributed by atoms with Crippen LogP contribution in [-0.4, -0.2) is 30.7 Å². The van der Waals surface area contributed by atoms with Crippen molar-refractivity contribution in [1.29, 1.82) is 0 Å². The fourth-order valence-corrected chi connectivity index (χ4v) is 1.42. The van der Waals surface area contributed by atoms with Crippen LogP contribution in [0.25, 0.3) is 6.08 Å². The topological polar surface area (TPSA) is 43.4 Å². The molecule has 0 saturated heterocycles. The number of benzene rings is 1. The minimum Gasteiger partial charge on any atom is -0.462 e. The van der Waals surface area contributed by atoms with Gasteiger partial charge in [0.1, 0.15) is 5.57 Å². The van der Waals surface area contributed by atoms with Crippen LogP contribution in [0.5, 0.6) is 0 Å². The maximum atomic E-state index is 13.1. The van der Waals surface area contributed by atoms with Crippen molar-refractivity contribution in [1.82, 2.24) is 0 Å². The van der Waals surface area contributed by atoms with E-state index in [1.165, 1.54) is 31.2 Å². The van der Waals surface area contributed by atoms with Gasteiger partial charge in [0.2, 0.25) is 5.78 Å². The lowest BCUT2D eigenvalue weighted by atomic mass is 10.0. The molecule has 0 saturated carbocycles. The number of hydrogen-bond donors (Lipinski definition) is 0. The van der Waals surface area contributed by atoms with E-state index in [4.69, 9.17) is 0 Å². The van der Waals surface area contributed by atoms with Crippen molar-refractivity contribution in [3.05, 3.63) is 41.5 Å². The summed E-state index contributed by atoms with van der Waals surface area (Å²) in [7, 11) is 0. The highest BCUT2D eigenvalue weighted by Crippen LogP contribution is 2.28. The van der Waals surface area contributed by atoms with Crippen LogP contribution >= 0.6 is 0 Å². The molecule has 7 heteroatoms. The Bertz CT molecular complexity index is 538. The van der Waals surface area contributed by atoms with Gasteiger partial charge in [-0.15, -0.1) is 0 Å². The van der Waals surface area contributed by atoms with Crippen LogP contribution in [-0.2, 0) is 14.3 Å². The van der Waals surface area contributed by atoms with Gasteiger partial charge in [0.15, 0.2) is 0 Å². The predicted octanol–water partition coefficient (Wildman–Crippen LogP) is 3.10. The smallest absolute Gasteiger partial charge is 0.369 e. The molecule has 1 aromatic rings. The van der Waals surface area contributed by atoms with Gasteiger partial charge in [-0.3, -0.25) is 4.79 Å². The number of halogens is 4. The van der Waals surface area contributed by atoms with E-state index in [2.05, 4.69) is 4.74 Å². The summed E-state index contributed by atoms with van der Waals surface area (Å²) in [5.74, 6) is -8.58. The lowest BCUT2D eigenvalue weighted by molar-refractivity contribution is -0.164. The average Bonchev–Trinajstić information content (AvgIpc) is 2.45. The molecule has 0 aromatic heterocycles. The molecular weight excluding hydrogens is 292 g/mol. The van der Waals surface area contributed by atoms with Crippen LogP contribution in [0.1, 0.15) is 12.5 Å². The van der Waals surface area contributed by atoms with Crippen molar-refractivity contribution in [3.63, 3.8) is 0 Å². The molecule has 3 nitrogen and oxygen atoms in total. The van der Waals surface area contributed by atoms with Gasteiger partial charge in [-0.05, 0) is 18.6 Å². The third-order valence-electron chi connectivity index (χ3n) is 2.43. The Morgan fingerprint density at radius 1 is 1.24 bits per heavy atom. The molecule has 0 atom stereocenters. The summed E-state index contributed by atoms with van der Waals surface area (Å²) < 4.78 is 55.3. The van der Waals surface area contributed by atoms with Crippen LogP contribution in [0.15, 0.2) is 35.9 Å². The van der Waals surface area contributed by atoms with Gasteiger partial charge in [-0.1, -0.05) is 30.3 Å². The number of carbonyl (C=O) groups is 2. The lowest BCUT2D eigenvalue weighted by Crippen LogP contribution is -2.39. The second kappa shape index (κ2) is 7.01. The van der Waals surface area contributed by atoms with Crippen LogP contribution in [0.3, 0.4) is 0 Å². The Balaban J connectivity index is 3.24. The van der Waals surface area contributed by atoms with E-state index in [1.807, 2.05) is 0 Å². The molecule has 0 bridgehead atoms. The van der Waals surface area contributed by atoms with Crippen molar-refractivity contribution in [3.8, 4) is 0 Å². The number of rotatable bonds is 6. The van der Waals surface area contributed by atoms with E-state index in [0.717, 1.165) is 6.08 Å². The summed E-state index contributed by atoms with van der Waals surface area (Å²) >= 11 is 0. The second-order valence-corrected chi connectivity index (χ2v) is 3.94. The zero-order chi connectivity index (χ0) is 16.0. The fraction of sp³-hybridized carbons (Fsp3) is 0.286. The maximum Gasteiger partial charge on any atom is 0.369 e. The van der Waals surface area contributed by atoms with E-state index >= 15 is 0 Å². The van der Waals surface area contributed by atoms with E-state index in [9.17, 15) is 27.2 Å². The number of Topliss-reactive ketones (excluding diaryl/α,β-unsaturated/α-hetero) is 1. The summed E-state index contributed by atoms with van der Waals surface area (Å²) in [5, 5.41) is 0. The molecule has 1 rings (SSSR count). The summed E-state index contributed by atoms with van der Waals surface area (Å²) in [6, 6.07) is 7.53. The number of ketones is 1. The third kappa shape index (κ3) is 4.14. The zero-order valence-corrected chi connectivity index (χ0v) is 11.0. The average molecular weight is 304 g/mol. The van der Waals surface area contributed by atoms with E-state index in [1.54, 1.807) is 6.07 Å². The molecule has 0 spiro atoms. The normalized spacial score (nSPS) is 12.4. The monoisotopic (exact) mass is 304 g/mol. The Kier molecular flexibility index (Phi) is 5.63. The number of ether oxygens (including phenoxy) is 1. The summed E-state index contributed by atoms with van der Waals surface area (Å²) in [5.41, 5.74) is -0.882.